The third-order valence-electron chi connectivity index (χ3n) is 1.90. The SMILES string of the molecule is COc1cccn2nc(C(=O)O)cc12. The van der Waals surface area contributed by atoms with Crippen molar-refractivity contribution in [2.24, 2.45) is 0 Å². The van der Waals surface area contributed by atoms with Crippen molar-refractivity contribution in [1.82, 2.24) is 9.61 Å². The second-order valence-corrected chi connectivity index (χ2v) is 2.74. The van der Waals surface area contributed by atoms with Crippen LogP contribution in [0.15, 0.2) is 24.4 Å². The summed E-state index contributed by atoms with van der Waals surface area (Å²) in [6.07, 6.45) is 1.67. The van der Waals surface area contributed by atoms with E-state index in [1.807, 2.05) is 0 Å². The Morgan fingerprint density at radius 3 is 3.07 bits per heavy atom. The summed E-state index contributed by atoms with van der Waals surface area (Å²) in [7, 11) is 1.53. The molecule has 0 aliphatic rings. The normalized spacial score (nSPS) is 10.4. The van der Waals surface area contributed by atoms with Crippen molar-refractivity contribution >= 4 is 11.5 Å². The van der Waals surface area contributed by atoms with E-state index in [9.17, 15) is 4.79 Å². The molecule has 14 heavy (non-hydrogen) atoms. The van der Waals surface area contributed by atoms with Crippen molar-refractivity contribution in [3.8, 4) is 5.75 Å². The standard InChI is InChI=1S/C9H8N2O3/c1-14-8-3-2-4-11-7(8)5-6(10-11)9(12)13/h2-5H,1H3,(H,12,13). The van der Waals surface area contributed by atoms with Gasteiger partial charge in [0.05, 0.1) is 7.11 Å². The summed E-state index contributed by atoms with van der Waals surface area (Å²) in [5, 5.41) is 12.6. The van der Waals surface area contributed by atoms with Crippen LogP contribution >= 0.6 is 0 Å². The van der Waals surface area contributed by atoms with E-state index in [4.69, 9.17) is 9.84 Å². The lowest BCUT2D eigenvalue weighted by molar-refractivity contribution is 0.0690. The molecule has 2 aromatic rings. The molecule has 0 aliphatic heterocycles. The molecule has 0 saturated heterocycles. The van der Waals surface area contributed by atoms with Gasteiger partial charge in [-0.3, -0.25) is 0 Å². The average Bonchev–Trinajstić information content (AvgIpc) is 2.60. The number of hydrogen-bond donors (Lipinski definition) is 1. The van der Waals surface area contributed by atoms with Gasteiger partial charge in [0.25, 0.3) is 0 Å². The summed E-state index contributed by atoms with van der Waals surface area (Å²) < 4.78 is 6.54. The molecule has 2 aromatic heterocycles. The maximum Gasteiger partial charge on any atom is 0.356 e. The Morgan fingerprint density at radius 2 is 2.43 bits per heavy atom. The molecule has 0 saturated carbocycles. The highest BCUT2D eigenvalue weighted by atomic mass is 16.5. The number of carbonyl (C=O) groups is 1. The Hall–Kier alpha value is -2.04. The molecule has 2 heterocycles. The molecule has 5 nitrogen and oxygen atoms in total. The first kappa shape index (κ1) is 8.55. The molecule has 0 aromatic carbocycles. The Kier molecular flexibility index (Phi) is 1.85. The first-order valence-electron chi connectivity index (χ1n) is 3.98. The number of fused-ring (bicyclic) bond motifs is 1. The van der Waals surface area contributed by atoms with E-state index in [-0.39, 0.29) is 5.69 Å². The number of nitrogens with zero attached hydrogens (tertiary/aromatic N) is 2. The zero-order valence-electron chi connectivity index (χ0n) is 7.47. The Morgan fingerprint density at radius 1 is 1.64 bits per heavy atom. The van der Waals surface area contributed by atoms with Crippen LogP contribution in [0.3, 0.4) is 0 Å². The lowest BCUT2D eigenvalue weighted by Gasteiger charge is -1.99. The summed E-state index contributed by atoms with van der Waals surface area (Å²) in [5.41, 5.74) is 0.655. The highest BCUT2D eigenvalue weighted by Gasteiger charge is 2.10. The largest absolute Gasteiger partial charge is 0.494 e. The number of aromatic carboxylic acids is 1. The van der Waals surface area contributed by atoms with Crippen molar-refractivity contribution in [1.29, 1.82) is 0 Å². The maximum absolute atomic E-state index is 10.7. The van der Waals surface area contributed by atoms with Gasteiger partial charge in [0.15, 0.2) is 5.69 Å². The minimum Gasteiger partial charge on any atom is -0.494 e. The molecule has 1 N–H and O–H groups in total. The number of hydrogen-bond acceptors (Lipinski definition) is 3. The molecule has 0 aliphatic carbocycles. The predicted octanol–water partition coefficient (Wildman–Crippen LogP) is 1.04. The van der Waals surface area contributed by atoms with Crippen LogP contribution in [0.2, 0.25) is 0 Å². The summed E-state index contributed by atoms with van der Waals surface area (Å²) in [6.45, 7) is 0. The second-order valence-electron chi connectivity index (χ2n) is 2.74. The van der Waals surface area contributed by atoms with Gasteiger partial charge in [-0.15, -0.1) is 0 Å². The Labute approximate surface area is 79.5 Å². The minimum atomic E-state index is -1.05. The number of ether oxygens (including phenoxy) is 1. The fourth-order valence-electron chi connectivity index (χ4n) is 1.27. The fourth-order valence-corrected chi connectivity index (χ4v) is 1.27. The molecule has 0 spiro atoms. The lowest BCUT2D eigenvalue weighted by Crippen LogP contribution is -1.97. The van der Waals surface area contributed by atoms with Crippen molar-refractivity contribution in [2.75, 3.05) is 7.11 Å². The van der Waals surface area contributed by atoms with Gasteiger partial charge in [-0.05, 0) is 12.1 Å². The van der Waals surface area contributed by atoms with Gasteiger partial charge in [-0.25, -0.2) is 9.31 Å². The summed E-state index contributed by atoms with van der Waals surface area (Å²) in [5.74, 6) is -0.441. The first-order chi connectivity index (χ1) is 6.72. The fraction of sp³-hybridized carbons (Fsp3) is 0.111. The number of carboxylic acids is 1. The predicted molar refractivity (Wildman–Crippen MR) is 48.7 cm³/mol. The number of methoxy groups -OCH3 is 1. The molecule has 72 valence electrons. The van der Waals surface area contributed by atoms with E-state index < -0.39 is 5.97 Å². The lowest BCUT2D eigenvalue weighted by atomic mass is 10.3. The molecule has 0 fully saturated rings. The quantitative estimate of drug-likeness (QED) is 0.772. The van der Waals surface area contributed by atoms with Gasteiger partial charge < -0.3 is 9.84 Å². The van der Waals surface area contributed by atoms with E-state index in [1.165, 1.54) is 17.7 Å². The highest BCUT2D eigenvalue weighted by Crippen LogP contribution is 2.19. The third-order valence-corrected chi connectivity index (χ3v) is 1.90. The second kappa shape index (κ2) is 3.02. The maximum atomic E-state index is 10.7. The van der Waals surface area contributed by atoms with E-state index in [0.29, 0.717) is 11.3 Å². The number of pyridine rings is 1. The number of carboxylic acid groups (broad SMARTS) is 1. The van der Waals surface area contributed by atoms with Gasteiger partial charge >= 0.3 is 5.97 Å². The van der Waals surface area contributed by atoms with Crippen molar-refractivity contribution in [3.63, 3.8) is 0 Å². The van der Waals surface area contributed by atoms with E-state index >= 15 is 0 Å². The molecule has 2 rings (SSSR count). The van der Waals surface area contributed by atoms with Gasteiger partial charge in [-0.2, -0.15) is 5.10 Å². The molecule has 5 heteroatoms. The van der Waals surface area contributed by atoms with Crippen LogP contribution < -0.4 is 4.74 Å². The monoisotopic (exact) mass is 192 g/mol. The Bertz CT molecular complexity index is 490. The first-order valence-corrected chi connectivity index (χ1v) is 3.98. The topological polar surface area (TPSA) is 63.8 Å². The van der Waals surface area contributed by atoms with Crippen LogP contribution in [0.4, 0.5) is 0 Å². The van der Waals surface area contributed by atoms with Crippen molar-refractivity contribution in [3.05, 3.63) is 30.1 Å². The molecule has 0 unspecified atom stereocenters. The third kappa shape index (κ3) is 1.19. The van der Waals surface area contributed by atoms with E-state index in [2.05, 4.69) is 5.10 Å². The van der Waals surface area contributed by atoms with Crippen LogP contribution in [-0.4, -0.2) is 27.8 Å². The van der Waals surface area contributed by atoms with Crippen LogP contribution in [0.5, 0.6) is 5.75 Å². The van der Waals surface area contributed by atoms with Crippen molar-refractivity contribution in [2.45, 2.75) is 0 Å². The molecule has 0 radical (unpaired) electrons. The zero-order chi connectivity index (χ0) is 10.1. The molecular formula is C9H8N2O3. The van der Waals surface area contributed by atoms with Crippen molar-refractivity contribution < 1.29 is 14.6 Å². The smallest absolute Gasteiger partial charge is 0.356 e. The van der Waals surface area contributed by atoms with Gasteiger partial charge in [0, 0.05) is 12.3 Å². The van der Waals surface area contributed by atoms with Crippen LogP contribution in [0.25, 0.3) is 5.52 Å². The number of rotatable bonds is 2. The van der Waals surface area contributed by atoms with Gasteiger partial charge in [0.2, 0.25) is 0 Å². The summed E-state index contributed by atoms with van der Waals surface area (Å²) >= 11 is 0. The van der Waals surface area contributed by atoms with E-state index in [0.717, 1.165) is 0 Å². The summed E-state index contributed by atoms with van der Waals surface area (Å²) in [6, 6.07) is 4.97. The van der Waals surface area contributed by atoms with Crippen LogP contribution in [0, 0.1) is 0 Å². The molecular weight excluding hydrogens is 184 g/mol. The van der Waals surface area contributed by atoms with Gasteiger partial charge in [-0.1, -0.05) is 0 Å². The molecule has 0 amide bonds. The number of aromatic nitrogens is 2. The zero-order valence-corrected chi connectivity index (χ0v) is 7.47. The minimum absolute atomic E-state index is 0.00880. The Balaban J connectivity index is 2.70. The van der Waals surface area contributed by atoms with Crippen LogP contribution in [0.1, 0.15) is 10.5 Å². The molecule has 0 atom stereocenters. The molecule has 0 bridgehead atoms. The summed E-state index contributed by atoms with van der Waals surface area (Å²) in [4.78, 5) is 10.7. The highest BCUT2D eigenvalue weighted by molar-refractivity contribution is 5.87. The average molecular weight is 192 g/mol. The van der Waals surface area contributed by atoms with Crippen LogP contribution in [-0.2, 0) is 0 Å². The van der Waals surface area contributed by atoms with Gasteiger partial charge in [0.1, 0.15) is 11.3 Å². The van der Waals surface area contributed by atoms with E-state index in [1.54, 1.807) is 18.3 Å².